The molecule has 1 fully saturated rings. The quantitative estimate of drug-likeness (QED) is 0.824. The summed E-state index contributed by atoms with van der Waals surface area (Å²) in [5, 5.41) is 1.44. The van der Waals surface area contributed by atoms with Crippen LogP contribution >= 0.6 is 0 Å². The summed E-state index contributed by atoms with van der Waals surface area (Å²) in [5.74, 6) is 0.696. The third-order valence-corrected chi connectivity index (χ3v) is 2.75. The van der Waals surface area contributed by atoms with E-state index < -0.39 is 0 Å². The van der Waals surface area contributed by atoms with Crippen LogP contribution in [0.3, 0.4) is 0 Å². The third kappa shape index (κ3) is 3.63. The van der Waals surface area contributed by atoms with Crippen LogP contribution in [0.25, 0.3) is 0 Å². The molecular formula is C13H18N2O3. The van der Waals surface area contributed by atoms with Crippen molar-refractivity contribution >= 4 is 11.6 Å². The van der Waals surface area contributed by atoms with Crippen LogP contribution in [0.1, 0.15) is 19.3 Å². The molecule has 0 unspecified atom stereocenters. The van der Waals surface area contributed by atoms with E-state index in [0.717, 1.165) is 18.6 Å². The van der Waals surface area contributed by atoms with E-state index in [1.807, 2.05) is 0 Å². The molecule has 1 aliphatic rings. The first kappa shape index (κ1) is 12.7. The van der Waals surface area contributed by atoms with Gasteiger partial charge in [0.25, 0.3) is 0 Å². The van der Waals surface area contributed by atoms with Crippen molar-refractivity contribution in [3.63, 3.8) is 0 Å². The van der Waals surface area contributed by atoms with Crippen molar-refractivity contribution in [2.45, 2.75) is 19.3 Å². The third-order valence-electron chi connectivity index (χ3n) is 2.75. The number of benzene rings is 1. The lowest BCUT2D eigenvalue weighted by Crippen LogP contribution is -2.36. The zero-order valence-corrected chi connectivity index (χ0v) is 10.3. The molecule has 1 amide bonds. The second-order valence-corrected chi connectivity index (χ2v) is 4.20. The van der Waals surface area contributed by atoms with Crippen LogP contribution in [0.5, 0.6) is 5.75 Å². The zero-order chi connectivity index (χ0) is 12.8. The van der Waals surface area contributed by atoms with E-state index in [-0.39, 0.29) is 5.91 Å². The summed E-state index contributed by atoms with van der Waals surface area (Å²) < 4.78 is 5.46. The lowest BCUT2D eigenvalue weighted by atomic mass is 10.3. The predicted octanol–water partition coefficient (Wildman–Crippen LogP) is 1.59. The van der Waals surface area contributed by atoms with E-state index in [9.17, 15) is 4.79 Å². The van der Waals surface area contributed by atoms with Gasteiger partial charge in [-0.3, -0.25) is 9.63 Å². The molecule has 0 radical (unpaired) electrons. The van der Waals surface area contributed by atoms with Crippen LogP contribution in [0.4, 0.5) is 5.69 Å². The molecule has 5 heteroatoms. The predicted molar refractivity (Wildman–Crippen MR) is 67.9 cm³/mol. The Balaban J connectivity index is 1.71. The Morgan fingerprint density at radius 1 is 1.33 bits per heavy atom. The van der Waals surface area contributed by atoms with Gasteiger partial charge in [0.05, 0.1) is 19.6 Å². The van der Waals surface area contributed by atoms with E-state index in [1.165, 1.54) is 5.06 Å². The number of anilines is 1. The molecule has 1 aromatic rings. The summed E-state index contributed by atoms with van der Waals surface area (Å²) in [6.45, 7) is 1.66. The van der Waals surface area contributed by atoms with Crippen molar-refractivity contribution < 1.29 is 14.4 Å². The topological polar surface area (TPSA) is 64.8 Å². The number of carbonyl (C=O) groups excluding carboxylic acids is 1. The summed E-state index contributed by atoms with van der Waals surface area (Å²) in [4.78, 5) is 17.0. The summed E-state index contributed by atoms with van der Waals surface area (Å²) in [5.41, 5.74) is 6.26. The van der Waals surface area contributed by atoms with Crippen molar-refractivity contribution in [1.29, 1.82) is 0 Å². The Labute approximate surface area is 106 Å². The smallest absolute Gasteiger partial charge is 0.249 e. The average molecular weight is 250 g/mol. The molecule has 1 saturated heterocycles. The van der Waals surface area contributed by atoms with Gasteiger partial charge in [0.2, 0.25) is 5.91 Å². The van der Waals surface area contributed by atoms with Gasteiger partial charge < -0.3 is 10.5 Å². The number of amides is 1. The SMILES string of the molecule is Nc1ccc(OCCC(=O)N2CCCCO2)cc1. The fourth-order valence-electron chi connectivity index (χ4n) is 1.74. The van der Waals surface area contributed by atoms with Gasteiger partial charge >= 0.3 is 0 Å². The number of hydroxylamine groups is 2. The standard InChI is InChI=1S/C13H18N2O3/c14-11-3-5-12(6-4-11)17-10-7-13(16)15-8-1-2-9-18-15/h3-6H,1-2,7-10,14H2. The minimum Gasteiger partial charge on any atom is -0.493 e. The Morgan fingerprint density at radius 3 is 2.78 bits per heavy atom. The lowest BCUT2D eigenvalue weighted by Gasteiger charge is -2.25. The van der Waals surface area contributed by atoms with Gasteiger partial charge in [-0.25, -0.2) is 5.06 Å². The first-order valence-electron chi connectivity index (χ1n) is 6.17. The highest BCUT2D eigenvalue weighted by Gasteiger charge is 2.17. The van der Waals surface area contributed by atoms with E-state index >= 15 is 0 Å². The first-order valence-corrected chi connectivity index (χ1v) is 6.17. The van der Waals surface area contributed by atoms with Crippen LogP contribution in [0.15, 0.2) is 24.3 Å². The van der Waals surface area contributed by atoms with Crippen LogP contribution in [0.2, 0.25) is 0 Å². The molecule has 0 saturated carbocycles. The highest BCUT2D eigenvalue weighted by Crippen LogP contribution is 2.13. The highest BCUT2D eigenvalue weighted by molar-refractivity contribution is 5.75. The molecule has 1 aliphatic heterocycles. The van der Waals surface area contributed by atoms with Crippen molar-refractivity contribution in [1.82, 2.24) is 5.06 Å². The summed E-state index contributed by atoms with van der Waals surface area (Å²) >= 11 is 0. The number of ether oxygens (including phenoxy) is 1. The summed E-state index contributed by atoms with van der Waals surface area (Å²) in [7, 11) is 0. The van der Waals surface area contributed by atoms with Gasteiger partial charge in [-0.1, -0.05) is 0 Å². The molecule has 0 atom stereocenters. The Hall–Kier alpha value is -1.75. The fourth-order valence-corrected chi connectivity index (χ4v) is 1.74. The molecule has 0 spiro atoms. The van der Waals surface area contributed by atoms with Gasteiger partial charge in [0.1, 0.15) is 5.75 Å². The number of nitrogens with zero attached hydrogens (tertiary/aromatic N) is 1. The molecule has 2 rings (SSSR count). The maximum Gasteiger partial charge on any atom is 0.249 e. The molecule has 0 aliphatic carbocycles. The van der Waals surface area contributed by atoms with E-state index in [0.29, 0.717) is 31.9 Å². The summed E-state index contributed by atoms with van der Waals surface area (Å²) in [6, 6.07) is 7.12. The number of nitrogen functional groups attached to an aromatic ring is 1. The molecule has 18 heavy (non-hydrogen) atoms. The molecule has 0 bridgehead atoms. The Bertz CT molecular complexity index is 386. The second kappa shape index (κ2) is 6.26. The van der Waals surface area contributed by atoms with Crippen molar-refractivity contribution in [2.75, 3.05) is 25.5 Å². The maximum atomic E-state index is 11.7. The van der Waals surface area contributed by atoms with E-state index in [2.05, 4.69) is 0 Å². The van der Waals surface area contributed by atoms with Crippen LogP contribution in [-0.4, -0.2) is 30.7 Å². The van der Waals surface area contributed by atoms with E-state index in [1.54, 1.807) is 24.3 Å². The first-order chi connectivity index (χ1) is 8.75. The Morgan fingerprint density at radius 2 is 2.11 bits per heavy atom. The maximum absolute atomic E-state index is 11.7. The normalized spacial score (nSPS) is 15.4. The molecule has 2 N–H and O–H groups in total. The average Bonchev–Trinajstić information content (AvgIpc) is 2.42. The number of carbonyl (C=O) groups is 1. The van der Waals surface area contributed by atoms with Crippen LogP contribution in [-0.2, 0) is 9.63 Å². The van der Waals surface area contributed by atoms with Crippen molar-refractivity contribution in [3.8, 4) is 5.75 Å². The lowest BCUT2D eigenvalue weighted by molar-refractivity contribution is -0.197. The van der Waals surface area contributed by atoms with Gasteiger partial charge in [0.15, 0.2) is 0 Å². The van der Waals surface area contributed by atoms with Crippen molar-refractivity contribution in [3.05, 3.63) is 24.3 Å². The molecule has 0 aromatic heterocycles. The highest BCUT2D eigenvalue weighted by atomic mass is 16.7. The number of hydrogen-bond donors (Lipinski definition) is 1. The number of nitrogens with two attached hydrogens (primary N) is 1. The molecule has 1 heterocycles. The zero-order valence-electron chi connectivity index (χ0n) is 10.3. The van der Waals surface area contributed by atoms with Gasteiger partial charge in [-0.05, 0) is 37.1 Å². The van der Waals surface area contributed by atoms with Gasteiger partial charge in [-0.2, -0.15) is 0 Å². The summed E-state index contributed by atoms with van der Waals surface area (Å²) in [6.07, 6.45) is 2.35. The number of hydrogen-bond acceptors (Lipinski definition) is 4. The minimum absolute atomic E-state index is 0.0230. The number of rotatable bonds is 4. The Kier molecular flexibility index (Phi) is 4.41. The minimum atomic E-state index is -0.0230. The van der Waals surface area contributed by atoms with Crippen molar-refractivity contribution in [2.24, 2.45) is 0 Å². The van der Waals surface area contributed by atoms with Gasteiger partial charge in [0, 0.05) is 12.2 Å². The molecule has 5 nitrogen and oxygen atoms in total. The monoisotopic (exact) mass is 250 g/mol. The van der Waals surface area contributed by atoms with E-state index in [4.69, 9.17) is 15.3 Å². The molecular weight excluding hydrogens is 232 g/mol. The van der Waals surface area contributed by atoms with Gasteiger partial charge in [-0.15, -0.1) is 0 Å². The largest absolute Gasteiger partial charge is 0.493 e. The second-order valence-electron chi connectivity index (χ2n) is 4.20. The fraction of sp³-hybridized carbons (Fsp3) is 0.462. The van der Waals surface area contributed by atoms with Crippen LogP contribution in [0, 0.1) is 0 Å². The molecule has 98 valence electrons. The molecule has 1 aromatic carbocycles. The van der Waals surface area contributed by atoms with Crippen LogP contribution < -0.4 is 10.5 Å².